The van der Waals surface area contributed by atoms with Crippen molar-refractivity contribution >= 4 is 28.1 Å². The predicted octanol–water partition coefficient (Wildman–Crippen LogP) is 2.13. The van der Waals surface area contributed by atoms with Crippen LogP contribution < -0.4 is 0 Å². The highest BCUT2D eigenvalue weighted by molar-refractivity contribution is 7.46. The van der Waals surface area contributed by atoms with Crippen molar-refractivity contribution in [2.24, 2.45) is 0 Å². The molecule has 0 saturated carbocycles. The highest BCUT2D eigenvalue weighted by Gasteiger charge is 2.31. The van der Waals surface area contributed by atoms with Crippen LogP contribution in [0.5, 0.6) is 0 Å². The standard InChI is InChI=1S/C7H7ClO.O5P2/c8-7-3-1-6(5-9)2-4-7;1-6(2)5-7(3)4/h1-4,9H,5H2;/p+2. The third-order valence-corrected chi connectivity index (χ3v) is 2.61. The molecule has 1 aromatic carbocycles. The second kappa shape index (κ2) is 8.67. The van der Waals surface area contributed by atoms with Crippen LogP contribution in [-0.2, 0) is 20.0 Å². The molecule has 1 aromatic rings. The van der Waals surface area contributed by atoms with Crippen molar-refractivity contribution in [3.05, 3.63) is 34.9 Å². The van der Waals surface area contributed by atoms with E-state index in [1.54, 1.807) is 24.3 Å². The van der Waals surface area contributed by atoms with Gasteiger partial charge in [0, 0.05) is 14.2 Å². The second-order valence-corrected chi connectivity index (χ2v) is 4.38. The highest BCUT2D eigenvalue weighted by Crippen LogP contribution is 2.30. The smallest absolute Gasteiger partial charge is 0.392 e. The molecule has 16 heavy (non-hydrogen) atoms. The van der Waals surface area contributed by atoms with E-state index >= 15 is 0 Å². The molecular formula is C7H9ClO6P2+2. The van der Waals surface area contributed by atoms with Crippen LogP contribution in [0.1, 0.15) is 5.56 Å². The lowest BCUT2D eigenvalue weighted by molar-refractivity contribution is 0.282. The fourth-order valence-corrected chi connectivity index (χ4v) is 1.25. The zero-order valence-corrected chi connectivity index (χ0v) is 10.4. The van der Waals surface area contributed by atoms with Gasteiger partial charge in [-0.15, -0.1) is 9.79 Å². The van der Waals surface area contributed by atoms with E-state index in [2.05, 4.69) is 4.31 Å². The molecule has 0 spiro atoms. The van der Waals surface area contributed by atoms with E-state index in [1.165, 1.54) is 0 Å². The maximum Gasteiger partial charge on any atom is 0.745 e. The molecule has 0 heterocycles. The van der Waals surface area contributed by atoms with E-state index in [1.807, 2.05) is 0 Å². The van der Waals surface area contributed by atoms with Crippen molar-refractivity contribution < 1.29 is 28.3 Å². The summed E-state index contributed by atoms with van der Waals surface area (Å²) in [5.74, 6) is 0. The quantitative estimate of drug-likeness (QED) is 0.735. The van der Waals surface area contributed by atoms with Gasteiger partial charge in [0.25, 0.3) is 0 Å². The summed E-state index contributed by atoms with van der Waals surface area (Å²) in [4.78, 5) is 15.3. The Hall–Kier alpha value is -0.450. The third-order valence-electron chi connectivity index (χ3n) is 1.24. The molecule has 88 valence electrons. The van der Waals surface area contributed by atoms with E-state index < -0.39 is 16.5 Å². The highest BCUT2D eigenvalue weighted by atomic mass is 35.5. The molecule has 0 aliphatic heterocycles. The summed E-state index contributed by atoms with van der Waals surface area (Å²) in [6.07, 6.45) is 0. The van der Waals surface area contributed by atoms with Crippen molar-refractivity contribution in [1.82, 2.24) is 0 Å². The minimum atomic E-state index is -2.92. The summed E-state index contributed by atoms with van der Waals surface area (Å²) in [6.45, 7) is 0.0805. The molecule has 1 rings (SSSR count). The van der Waals surface area contributed by atoms with Gasteiger partial charge in [0.05, 0.1) is 6.61 Å². The number of benzene rings is 1. The molecule has 0 fully saturated rings. The number of aliphatic hydroxyl groups is 1. The van der Waals surface area contributed by atoms with Gasteiger partial charge >= 0.3 is 16.5 Å². The molecule has 0 aliphatic rings. The molecule has 6 nitrogen and oxygen atoms in total. The first kappa shape index (κ1) is 15.6. The van der Waals surface area contributed by atoms with Gasteiger partial charge in [-0.2, -0.15) is 0 Å². The van der Waals surface area contributed by atoms with Crippen LogP contribution in [0.4, 0.5) is 0 Å². The van der Waals surface area contributed by atoms with E-state index in [0.29, 0.717) is 5.02 Å². The Bertz CT molecular complexity index is 342. The average Bonchev–Trinajstić information content (AvgIpc) is 2.17. The molecule has 3 N–H and O–H groups in total. The van der Waals surface area contributed by atoms with Crippen molar-refractivity contribution in [2.45, 2.75) is 6.61 Å². The maximum atomic E-state index is 9.39. The Morgan fingerprint density at radius 2 is 1.56 bits per heavy atom. The van der Waals surface area contributed by atoms with Crippen LogP contribution in [0.15, 0.2) is 24.3 Å². The minimum Gasteiger partial charge on any atom is -0.392 e. The fraction of sp³-hybridized carbons (Fsp3) is 0.143. The Labute approximate surface area is 98.4 Å². The van der Waals surface area contributed by atoms with Gasteiger partial charge in [0.15, 0.2) is 4.31 Å². The molecule has 0 amide bonds. The predicted molar refractivity (Wildman–Crippen MR) is 58.1 cm³/mol. The summed E-state index contributed by atoms with van der Waals surface area (Å²) < 4.78 is 22.2. The lowest BCUT2D eigenvalue weighted by Gasteiger charge is -1.92. The number of aliphatic hydroxyl groups excluding tert-OH is 1. The first-order chi connectivity index (χ1) is 7.45. The second-order valence-electron chi connectivity index (χ2n) is 2.34. The average molecular weight is 287 g/mol. The van der Waals surface area contributed by atoms with Crippen molar-refractivity contribution in [3.63, 3.8) is 0 Å². The monoisotopic (exact) mass is 286 g/mol. The Morgan fingerprint density at radius 3 is 1.81 bits per heavy atom. The SMILES string of the molecule is O=[P+](O)O[P+](=O)O.OCc1ccc(Cl)cc1. The van der Waals surface area contributed by atoms with Crippen molar-refractivity contribution in [2.75, 3.05) is 0 Å². The first-order valence-corrected chi connectivity index (χ1v) is 6.45. The summed E-state index contributed by atoms with van der Waals surface area (Å²) in [7, 11) is -5.85. The number of hydrogen-bond donors (Lipinski definition) is 3. The molecular weight excluding hydrogens is 277 g/mol. The van der Waals surface area contributed by atoms with E-state index in [4.69, 9.17) is 26.5 Å². The van der Waals surface area contributed by atoms with Crippen LogP contribution in [-0.4, -0.2) is 14.9 Å². The zero-order chi connectivity index (χ0) is 12.6. The number of rotatable bonds is 3. The Morgan fingerprint density at radius 1 is 1.12 bits per heavy atom. The van der Waals surface area contributed by atoms with E-state index in [0.717, 1.165) is 5.56 Å². The van der Waals surface area contributed by atoms with Gasteiger partial charge < -0.3 is 5.11 Å². The van der Waals surface area contributed by atoms with Gasteiger partial charge in [-0.05, 0) is 17.7 Å². The molecule has 0 bridgehead atoms. The summed E-state index contributed by atoms with van der Waals surface area (Å²) >= 11 is 5.59. The molecule has 2 unspecified atom stereocenters. The third kappa shape index (κ3) is 8.83. The van der Waals surface area contributed by atoms with Crippen LogP contribution in [0.25, 0.3) is 0 Å². The first-order valence-electron chi connectivity index (χ1n) is 3.81. The van der Waals surface area contributed by atoms with Gasteiger partial charge in [-0.25, -0.2) is 0 Å². The van der Waals surface area contributed by atoms with Crippen molar-refractivity contribution in [3.8, 4) is 0 Å². The zero-order valence-electron chi connectivity index (χ0n) is 7.86. The maximum absolute atomic E-state index is 9.39. The van der Waals surface area contributed by atoms with Crippen LogP contribution in [0.2, 0.25) is 5.02 Å². The molecule has 9 heteroatoms. The van der Waals surface area contributed by atoms with Crippen LogP contribution in [0, 0.1) is 0 Å². The minimum absolute atomic E-state index is 0.0805. The van der Waals surface area contributed by atoms with Crippen LogP contribution >= 0.6 is 28.1 Å². The van der Waals surface area contributed by atoms with Crippen LogP contribution in [0.3, 0.4) is 0 Å². The van der Waals surface area contributed by atoms with Crippen molar-refractivity contribution in [1.29, 1.82) is 0 Å². The number of halogens is 1. The number of hydrogen-bond acceptors (Lipinski definition) is 4. The van der Waals surface area contributed by atoms with E-state index in [-0.39, 0.29) is 6.61 Å². The largest absolute Gasteiger partial charge is 0.745 e. The molecule has 0 aliphatic carbocycles. The lowest BCUT2D eigenvalue weighted by atomic mass is 10.2. The van der Waals surface area contributed by atoms with Gasteiger partial charge in [0.1, 0.15) is 0 Å². The summed E-state index contributed by atoms with van der Waals surface area (Å²) in [5.41, 5.74) is 0.888. The summed E-state index contributed by atoms with van der Waals surface area (Å²) in [6, 6.07) is 7.10. The van der Waals surface area contributed by atoms with E-state index in [9.17, 15) is 9.13 Å². The molecule has 0 saturated heterocycles. The van der Waals surface area contributed by atoms with Gasteiger partial charge in [0.2, 0.25) is 0 Å². The summed E-state index contributed by atoms with van der Waals surface area (Å²) in [5, 5.41) is 9.29. The van der Waals surface area contributed by atoms with Gasteiger partial charge in [-0.1, -0.05) is 23.7 Å². The normalized spacial score (nSPS) is 11.2. The topological polar surface area (TPSA) is 104 Å². The van der Waals surface area contributed by atoms with Gasteiger partial charge in [-0.3, -0.25) is 0 Å². The molecule has 0 radical (unpaired) electrons. The Balaban J connectivity index is 0.000000293. The molecule has 0 aromatic heterocycles. The fourth-order valence-electron chi connectivity index (χ4n) is 0.650. The molecule has 2 atom stereocenters. The Kier molecular flexibility index (Phi) is 8.43. The lowest BCUT2D eigenvalue weighted by Crippen LogP contribution is -1.79.